The summed E-state index contributed by atoms with van der Waals surface area (Å²) in [5, 5.41) is 9.62. The fourth-order valence-electron chi connectivity index (χ4n) is 5.79. The number of carboxylic acids is 1. The fraction of sp³-hybridized carbons (Fsp3) is 0.800. The van der Waals surface area contributed by atoms with Crippen molar-refractivity contribution in [3.8, 4) is 0 Å². The predicted molar refractivity (Wildman–Crippen MR) is 221 cm³/mol. The Balaban J connectivity index is 4.49. The normalized spacial score (nSPS) is 13.3. The minimum absolute atomic E-state index is 0.184. The maximum Gasteiger partial charge on any atom is 0.361 e. The lowest BCUT2D eigenvalue weighted by Gasteiger charge is -2.25. The number of unbranched alkanes of at least 4 members (excludes halogenated alkanes) is 18. The summed E-state index contributed by atoms with van der Waals surface area (Å²) in [6.45, 7) is 4.73. The molecule has 54 heavy (non-hydrogen) atoms. The third-order valence-corrected chi connectivity index (χ3v) is 9.16. The SMILES string of the molecule is CC/C=C\C/C=C\C/C=C\CCCCCCCC(=O)OC(COC(=O)CCCCCCCCCCCCCCCC)COC(OCC[N+](C)(C)C)C(=O)O. The van der Waals surface area contributed by atoms with Gasteiger partial charge in [-0.25, -0.2) is 4.79 Å². The Hall–Kier alpha value is -2.49. The molecule has 9 nitrogen and oxygen atoms in total. The highest BCUT2D eigenvalue weighted by Gasteiger charge is 2.25. The number of ether oxygens (including phenoxy) is 4. The molecule has 314 valence electrons. The quantitative estimate of drug-likeness (QED) is 0.0217. The molecule has 1 N–H and O–H groups in total. The second-order valence-electron chi connectivity index (χ2n) is 15.6. The molecule has 0 aromatic rings. The summed E-state index contributed by atoms with van der Waals surface area (Å²) in [6.07, 6.45) is 37.7. The summed E-state index contributed by atoms with van der Waals surface area (Å²) >= 11 is 0. The first-order valence-corrected chi connectivity index (χ1v) is 21.7. The van der Waals surface area contributed by atoms with E-state index in [1.807, 2.05) is 21.1 Å². The minimum atomic E-state index is -1.51. The topological polar surface area (TPSA) is 108 Å². The largest absolute Gasteiger partial charge is 0.477 e. The third-order valence-electron chi connectivity index (χ3n) is 9.16. The Bertz CT molecular complexity index is 987. The Morgan fingerprint density at radius 3 is 1.57 bits per heavy atom. The van der Waals surface area contributed by atoms with Gasteiger partial charge in [0, 0.05) is 12.8 Å². The van der Waals surface area contributed by atoms with Gasteiger partial charge in [-0.3, -0.25) is 9.59 Å². The van der Waals surface area contributed by atoms with Crippen LogP contribution in [0.15, 0.2) is 36.5 Å². The average molecular weight is 765 g/mol. The molecule has 0 aromatic heterocycles. The van der Waals surface area contributed by atoms with Crippen LogP contribution in [0.3, 0.4) is 0 Å². The van der Waals surface area contributed by atoms with Crippen molar-refractivity contribution in [1.82, 2.24) is 0 Å². The molecule has 0 fully saturated rings. The molecule has 0 aromatic carbocycles. The van der Waals surface area contributed by atoms with Gasteiger partial charge >= 0.3 is 17.9 Å². The summed E-state index contributed by atoms with van der Waals surface area (Å²) in [5.74, 6) is -2.03. The van der Waals surface area contributed by atoms with Crippen molar-refractivity contribution in [3.05, 3.63) is 36.5 Å². The van der Waals surface area contributed by atoms with Crippen LogP contribution in [0.4, 0.5) is 0 Å². The van der Waals surface area contributed by atoms with Crippen molar-refractivity contribution >= 4 is 17.9 Å². The molecule has 9 heteroatoms. The van der Waals surface area contributed by atoms with Crippen LogP contribution in [0, 0.1) is 0 Å². The molecule has 2 atom stereocenters. The van der Waals surface area contributed by atoms with E-state index in [0.29, 0.717) is 23.9 Å². The van der Waals surface area contributed by atoms with E-state index < -0.39 is 24.3 Å². The summed E-state index contributed by atoms with van der Waals surface area (Å²) in [7, 11) is 5.94. The summed E-state index contributed by atoms with van der Waals surface area (Å²) in [6, 6.07) is 0. The molecule has 0 radical (unpaired) electrons. The monoisotopic (exact) mass is 765 g/mol. The van der Waals surface area contributed by atoms with Crippen molar-refractivity contribution in [2.75, 3.05) is 47.5 Å². The summed E-state index contributed by atoms with van der Waals surface area (Å²) in [5.41, 5.74) is 0. The van der Waals surface area contributed by atoms with Gasteiger partial charge in [0.2, 0.25) is 0 Å². The molecule has 0 rings (SSSR count). The summed E-state index contributed by atoms with van der Waals surface area (Å²) < 4.78 is 22.7. The number of hydrogen-bond acceptors (Lipinski definition) is 7. The number of hydrogen-bond donors (Lipinski definition) is 1. The number of carbonyl (C=O) groups excluding carboxylic acids is 2. The van der Waals surface area contributed by atoms with E-state index in [9.17, 15) is 19.5 Å². The molecular formula is C45H82NO8+. The maximum atomic E-state index is 12.7. The molecule has 2 unspecified atom stereocenters. The average Bonchev–Trinajstić information content (AvgIpc) is 3.12. The zero-order chi connectivity index (χ0) is 40.0. The van der Waals surface area contributed by atoms with E-state index in [1.165, 1.54) is 70.6 Å². The molecule has 0 aliphatic carbocycles. The molecule has 0 spiro atoms. The minimum Gasteiger partial charge on any atom is -0.477 e. The number of aliphatic carboxylic acids is 1. The molecule has 0 aliphatic heterocycles. The fourth-order valence-corrected chi connectivity index (χ4v) is 5.79. The highest BCUT2D eigenvalue weighted by atomic mass is 16.7. The standard InChI is InChI=1S/C45H81NO8/c1-6-8-10-12-14-16-18-20-22-24-26-28-30-32-34-36-43(48)54-41(40-53-45(44(49)50)51-38-37-46(3,4)5)39-52-42(47)35-33-31-29-27-25-23-21-19-17-15-13-11-9-7-2/h8,10,14,16,20,22,41,45H,6-7,9,11-13,15,17-19,21,23-40H2,1-5H3/p+1/b10-8-,16-14-,22-20-. The lowest BCUT2D eigenvalue weighted by atomic mass is 10.0. The van der Waals surface area contributed by atoms with Crippen molar-refractivity contribution in [2.24, 2.45) is 0 Å². The zero-order valence-electron chi connectivity index (χ0n) is 35.4. The first kappa shape index (κ1) is 51.5. The number of esters is 2. The van der Waals surface area contributed by atoms with Crippen molar-refractivity contribution in [3.63, 3.8) is 0 Å². The van der Waals surface area contributed by atoms with E-state index >= 15 is 0 Å². The van der Waals surface area contributed by atoms with Gasteiger partial charge in [0.1, 0.15) is 13.2 Å². The van der Waals surface area contributed by atoms with Crippen molar-refractivity contribution in [2.45, 2.75) is 187 Å². The van der Waals surface area contributed by atoms with Crippen molar-refractivity contribution in [1.29, 1.82) is 0 Å². The van der Waals surface area contributed by atoms with Gasteiger partial charge in [-0.2, -0.15) is 0 Å². The van der Waals surface area contributed by atoms with Gasteiger partial charge in [-0.15, -0.1) is 0 Å². The lowest BCUT2D eigenvalue weighted by Crippen LogP contribution is -2.40. The van der Waals surface area contributed by atoms with Crippen LogP contribution in [0.25, 0.3) is 0 Å². The van der Waals surface area contributed by atoms with E-state index in [-0.39, 0.29) is 32.2 Å². The summed E-state index contributed by atoms with van der Waals surface area (Å²) in [4.78, 5) is 37.0. The molecule has 0 bridgehead atoms. The Kier molecular flexibility index (Phi) is 35.7. The molecule has 0 saturated heterocycles. The Labute approximate surface area is 330 Å². The zero-order valence-corrected chi connectivity index (χ0v) is 35.4. The smallest absolute Gasteiger partial charge is 0.361 e. The number of carbonyl (C=O) groups is 3. The molecule has 0 amide bonds. The van der Waals surface area contributed by atoms with Crippen LogP contribution in [-0.2, 0) is 33.3 Å². The Morgan fingerprint density at radius 1 is 0.574 bits per heavy atom. The van der Waals surface area contributed by atoms with Crippen LogP contribution in [0.5, 0.6) is 0 Å². The van der Waals surface area contributed by atoms with Gasteiger partial charge in [-0.1, -0.05) is 153 Å². The van der Waals surface area contributed by atoms with Crippen molar-refractivity contribution < 1.29 is 42.9 Å². The van der Waals surface area contributed by atoms with Crippen LogP contribution >= 0.6 is 0 Å². The van der Waals surface area contributed by atoms with Gasteiger partial charge < -0.3 is 28.5 Å². The van der Waals surface area contributed by atoms with Gasteiger partial charge in [0.15, 0.2) is 6.10 Å². The number of allylic oxidation sites excluding steroid dienone is 6. The molecule has 0 heterocycles. The number of nitrogens with zero attached hydrogens (tertiary/aromatic N) is 1. The van der Waals surface area contributed by atoms with Gasteiger partial charge in [0.05, 0.1) is 34.4 Å². The van der Waals surface area contributed by atoms with E-state index in [1.54, 1.807) is 0 Å². The number of likely N-dealkylation sites (N-methyl/N-ethyl adjacent to an activating group) is 1. The predicted octanol–water partition coefficient (Wildman–Crippen LogP) is 11.1. The Morgan fingerprint density at radius 2 is 1.06 bits per heavy atom. The highest BCUT2D eigenvalue weighted by Crippen LogP contribution is 2.14. The van der Waals surface area contributed by atoms with Crippen LogP contribution in [0.1, 0.15) is 174 Å². The van der Waals surface area contributed by atoms with Gasteiger partial charge in [0.25, 0.3) is 6.29 Å². The number of rotatable bonds is 39. The maximum absolute atomic E-state index is 12.7. The number of quaternary nitrogens is 1. The van der Waals surface area contributed by atoms with Crippen LogP contribution in [-0.4, -0.2) is 87.4 Å². The molecule has 0 aliphatic rings. The first-order valence-electron chi connectivity index (χ1n) is 21.7. The van der Waals surface area contributed by atoms with E-state index in [2.05, 4.69) is 50.3 Å². The number of carboxylic acid groups (broad SMARTS) is 1. The first-order chi connectivity index (χ1) is 26.1. The van der Waals surface area contributed by atoms with E-state index in [0.717, 1.165) is 70.6 Å². The van der Waals surface area contributed by atoms with E-state index in [4.69, 9.17) is 18.9 Å². The molecule has 0 saturated carbocycles. The third kappa shape index (κ3) is 37.8. The van der Waals surface area contributed by atoms with Crippen LogP contribution in [0.2, 0.25) is 0 Å². The molecular weight excluding hydrogens is 682 g/mol. The lowest BCUT2D eigenvalue weighted by molar-refractivity contribution is -0.870. The highest BCUT2D eigenvalue weighted by molar-refractivity contribution is 5.71. The second kappa shape index (κ2) is 37.4. The second-order valence-corrected chi connectivity index (χ2v) is 15.6. The van der Waals surface area contributed by atoms with Gasteiger partial charge in [-0.05, 0) is 44.9 Å². The van der Waals surface area contributed by atoms with Crippen LogP contribution < -0.4 is 0 Å².